The normalized spacial score (nSPS) is 13.5. The maximum atomic E-state index is 10.8. The first kappa shape index (κ1) is 7.32. The first-order chi connectivity index (χ1) is 5.22. The molecule has 0 spiro atoms. The van der Waals surface area contributed by atoms with Crippen LogP contribution in [-0.4, -0.2) is 12.6 Å². The van der Waals surface area contributed by atoms with Gasteiger partial charge in [0, 0.05) is 7.77 Å². The Morgan fingerprint density at radius 3 is 3.10 bits per heavy atom. The minimum absolute atomic E-state index is 0.350. The van der Waals surface area contributed by atoms with Crippen LogP contribution in [0.3, 0.4) is 0 Å². The maximum Gasteiger partial charge on any atom is 0.305 e. The van der Waals surface area contributed by atoms with Gasteiger partial charge in [-0.15, -0.1) is 6.58 Å². The fraction of sp³-hybridized carbons (Fsp3) is 0.625. The van der Waals surface area contributed by atoms with E-state index in [1.54, 1.807) is 13.0 Å². The number of ether oxygens (including phenoxy) is 1. The molecule has 0 aromatic carbocycles. The molecule has 10 heavy (non-hydrogen) atoms. The first-order valence-electron chi connectivity index (χ1n) is 3.99. The molecule has 1 unspecified atom stereocenters. The van der Waals surface area contributed by atoms with Crippen LogP contribution < -0.4 is 0 Å². The molecule has 0 fully saturated rings. The van der Waals surface area contributed by atoms with Crippen LogP contribution in [0.15, 0.2) is 12.7 Å². The van der Waals surface area contributed by atoms with Crippen molar-refractivity contribution in [3.05, 3.63) is 12.7 Å². The van der Waals surface area contributed by atoms with Crippen molar-refractivity contribution in [3.8, 4) is 0 Å². The van der Waals surface area contributed by atoms with Crippen LogP contribution >= 0.6 is 0 Å². The molecule has 0 rings (SSSR count). The third kappa shape index (κ3) is 5.35. The highest BCUT2D eigenvalue weighted by Crippen LogP contribution is 1.97. The van der Waals surface area contributed by atoms with Crippen LogP contribution in [0.1, 0.15) is 27.5 Å². The molecule has 0 radical (unpaired) electrons. The van der Waals surface area contributed by atoms with Gasteiger partial charge in [0.15, 0.2) is 0 Å². The molecule has 0 aliphatic rings. The minimum atomic E-state index is -0.743. The molecule has 0 bridgehead atoms. The van der Waals surface area contributed by atoms with Gasteiger partial charge >= 0.3 is 5.97 Å². The second-order valence-corrected chi connectivity index (χ2v) is 1.82. The predicted molar refractivity (Wildman–Crippen MR) is 40.7 cm³/mol. The van der Waals surface area contributed by atoms with Gasteiger partial charge in [-0.1, -0.05) is 6.08 Å². The van der Waals surface area contributed by atoms with Gasteiger partial charge in [-0.25, -0.2) is 0 Å². The van der Waals surface area contributed by atoms with Crippen LogP contribution in [-0.2, 0) is 9.53 Å². The van der Waals surface area contributed by atoms with Crippen molar-refractivity contribution >= 4 is 5.97 Å². The molecule has 0 amide bonds. The van der Waals surface area contributed by atoms with E-state index in [0.717, 1.165) is 0 Å². The third-order valence-corrected chi connectivity index (χ3v) is 0.968. The van der Waals surface area contributed by atoms with Gasteiger partial charge in [-0.3, -0.25) is 4.79 Å². The van der Waals surface area contributed by atoms with E-state index in [1.165, 1.54) is 0 Å². The molecule has 0 N–H and O–H groups in total. The Labute approximate surface area is 63.3 Å². The second kappa shape index (κ2) is 6.33. The van der Waals surface area contributed by atoms with E-state index in [4.69, 9.17) is 1.37 Å². The monoisotopic (exact) mass is 143 g/mol. The fourth-order valence-corrected chi connectivity index (χ4v) is 0.520. The van der Waals surface area contributed by atoms with Gasteiger partial charge in [0.25, 0.3) is 0 Å². The molecule has 0 aromatic heterocycles. The molecule has 0 aliphatic carbocycles. The zero-order valence-electron chi connectivity index (χ0n) is 7.30. The van der Waals surface area contributed by atoms with Crippen molar-refractivity contribution in [1.29, 1.82) is 0 Å². The third-order valence-electron chi connectivity index (χ3n) is 0.968. The summed E-state index contributed by atoms with van der Waals surface area (Å²) in [5.41, 5.74) is 0. The summed E-state index contributed by atoms with van der Waals surface area (Å²) in [6, 6.07) is 0. The lowest BCUT2D eigenvalue weighted by Gasteiger charge is -1.98. The highest BCUT2D eigenvalue weighted by Gasteiger charge is 1.97. The number of allylic oxidation sites excluding steroid dienone is 1. The van der Waals surface area contributed by atoms with Gasteiger partial charge in [0.1, 0.15) is 0 Å². The Morgan fingerprint density at radius 1 is 1.90 bits per heavy atom. The summed E-state index contributed by atoms with van der Waals surface area (Å²) in [5, 5.41) is 0. The Hall–Kier alpha value is -0.790. The Balaban J connectivity index is 3.54. The predicted octanol–water partition coefficient (Wildman–Crippen LogP) is 1.91. The first-order valence-corrected chi connectivity index (χ1v) is 3.42. The highest BCUT2D eigenvalue weighted by molar-refractivity contribution is 5.69. The lowest BCUT2D eigenvalue weighted by molar-refractivity contribution is -0.143. The zero-order chi connectivity index (χ0) is 8.69. The molecule has 2 heteroatoms. The number of esters is 1. The van der Waals surface area contributed by atoms with Crippen molar-refractivity contribution < 1.29 is 10.9 Å². The second-order valence-electron chi connectivity index (χ2n) is 1.82. The fourth-order valence-electron chi connectivity index (χ4n) is 0.520. The summed E-state index contributed by atoms with van der Waals surface area (Å²) in [4.78, 5) is 10.8. The van der Waals surface area contributed by atoms with E-state index in [1.807, 2.05) is 0 Å². The van der Waals surface area contributed by atoms with Crippen LogP contribution in [0, 0.1) is 0 Å². The quantitative estimate of drug-likeness (QED) is 0.434. The number of rotatable bonds is 5. The van der Waals surface area contributed by atoms with E-state index in [9.17, 15) is 4.79 Å². The maximum absolute atomic E-state index is 10.8. The van der Waals surface area contributed by atoms with Crippen LogP contribution in [0.2, 0.25) is 0 Å². The van der Waals surface area contributed by atoms with Crippen LogP contribution in [0.5, 0.6) is 0 Å². The SMILES string of the molecule is [2H]C(CCC=C)C(=O)OCC. The van der Waals surface area contributed by atoms with E-state index in [0.29, 0.717) is 19.4 Å². The molecule has 1 atom stereocenters. The smallest absolute Gasteiger partial charge is 0.305 e. The van der Waals surface area contributed by atoms with Crippen molar-refractivity contribution in [2.24, 2.45) is 0 Å². The molecule has 2 nitrogen and oxygen atoms in total. The summed E-state index contributed by atoms with van der Waals surface area (Å²) in [6.45, 7) is 5.59. The summed E-state index contributed by atoms with van der Waals surface area (Å²) in [5.74, 6) is -0.436. The van der Waals surface area contributed by atoms with Gasteiger partial charge < -0.3 is 4.74 Å². The van der Waals surface area contributed by atoms with Crippen molar-refractivity contribution in [2.75, 3.05) is 6.61 Å². The van der Waals surface area contributed by atoms with E-state index < -0.39 is 12.4 Å². The highest BCUT2D eigenvalue weighted by atomic mass is 16.5. The topological polar surface area (TPSA) is 26.3 Å². The van der Waals surface area contributed by atoms with Crippen molar-refractivity contribution in [1.82, 2.24) is 0 Å². The lowest BCUT2D eigenvalue weighted by Crippen LogP contribution is -2.02. The molecular formula is C8H14O2. The largest absolute Gasteiger partial charge is 0.466 e. The molecule has 58 valence electrons. The Bertz CT molecular complexity index is 134. The Morgan fingerprint density at radius 2 is 2.60 bits per heavy atom. The van der Waals surface area contributed by atoms with Gasteiger partial charge in [-0.2, -0.15) is 0 Å². The molecule has 0 saturated heterocycles. The summed E-state index contributed by atoms with van der Waals surface area (Å²) in [6.07, 6.45) is 2.14. The van der Waals surface area contributed by atoms with Crippen molar-refractivity contribution in [2.45, 2.75) is 26.2 Å². The zero-order valence-corrected chi connectivity index (χ0v) is 6.30. The standard InChI is InChI=1S/C8H14O2/c1-3-5-6-7-8(9)10-4-2/h3H,1,4-7H2,2H3/i7D. The minimum Gasteiger partial charge on any atom is -0.466 e. The van der Waals surface area contributed by atoms with E-state index >= 15 is 0 Å². The number of hydrogen-bond acceptors (Lipinski definition) is 2. The molecule has 0 heterocycles. The Kier molecular flexibility index (Phi) is 4.63. The average Bonchev–Trinajstić information content (AvgIpc) is 2.00. The van der Waals surface area contributed by atoms with Gasteiger partial charge in [0.2, 0.25) is 0 Å². The van der Waals surface area contributed by atoms with Gasteiger partial charge in [0.05, 0.1) is 6.61 Å². The average molecular weight is 143 g/mol. The molecular weight excluding hydrogens is 128 g/mol. The van der Waals surface area contributed by atoms with Crippen LogP contribution in [0.25, 0.3) is 0 Å². The van der Waals surface area contributed by atoms with Crippen molar-refractivity contribution in [3.63, 3.8) is 0 Å². The van der Waals surface area contributed by atoms with E-state index in [-0.39, 0.29) is 0 Å². The summed E-state index contributed by atoms with van der Waals surface area (Å²) in [7, 11) is 0. The molecule has 0 saturated carbocycles. The summed E-state index contributed by atoms with van der Waals surface area (Å²) >= 11 is 0. The van der Waals surface area contributed by atoms with Crippen LogP contribution in [0.4, 0.5) is 0 Å². The molecule has 0 aliphatic heterocycles. The van der Waals surface area contributed by atoms with E-state index in [2.05, 4.69) is 11.3 Å². The molecule has 0 aromatic rings. The number of hydrogen-bond donors (Lipinski definition) is 0. The van der Waals surface area contributed by atoms with Gasteiger partial charge in [-0.05, 0) is 19.8 Å². The summed E-state index contributed by atoms with van der Waals surface area (Å²) < 4.78 is 11.9. The number of carbonyl (C=O) groups is 1. The lowest BCUT2D eigenvalue weighted by atomic mass is 10.2. The number of carbonyl (C=O) groups excluding carboxylic acids is 1.